The lowest BCUT2D eigenvalue weighted by Crippen LogP contribution is -2.28. The highest BCUT2D eigenvalue weighted by molar-refractivity contribution is 6.31. The highest BCUT2D eigenvalue weighted by Crippen LogP contribution is 2.21. The largest absolute Gasteiger partial charge is 0.271 e. The second kappa shape index (κ2) is 4.97. The molecule has 13 heavy (non-hydrogen) atoms. The van der Waals surface area contributed by atoms with Gasteiger partial charge in [-0.1, -0.05) is 17.7 Å². The number of hydrazine groups is 1. The molecule has 1 rings (SSSR count). The van der Waals surface area contributed by atoms with E-state index in [1.807, 2.05) is 0 Å². The zero-order chi connectivity index (χ0) is 9.68. The lowest BCUT2D eigenvalue weighted by atomic mass is 10.1. The number of rotatable bonds is 4. The summed E-state index contributed by atoms with van der Waals surface area (Å²) in [7, 11) is 0. The van der Waals surface area contributed by atoms with Gasteiger partial charge in [-0.25, -0.2) is 0 Å². The van der Waals surface area contributed by atoms with Crippen molar-refractivity contribution >= 4 is 11.6 Å². The van der Waals surface area contributed by atoms with Gasteiger partial charge in [0.15, 0.2) is 0 Å². The van der Waals surface area contributed by atoms with Crippen molar-refractivity contribution in [1.82, 2.24) is 10.4 Å². The highest BCUT2D eigenvalue weighted by Gasteiger charge is 2.11. The van der Waals surface area contributed by atoms with Crippen molar-refractivity contribution in [3.05, 3.63) is 41.7 Å². The molecule has 1 aromatic heterocycles. The molecule has 0 bridgehead atoms. The molecular formula is C9H12ClN3. The van der Waals surface area contributed by atoms with Crippen LogP contribution < -0.4 is 11.3 Å². The van der Waals surface area contributed by atoms with Crippen LogP contribution in [0.5, 0.6) is 0 Å². The standard InChI is InChI=1S/C9H12ClN3/c1-2-4-8(13-11)9-7(10)5-3-6-12-9/h2-3,5-6,8,13H,1,4,11H2. The first-order chi connectivity index (χ1) is 6.29. The predicted octanol–water partition coefficient (Wildman–Crippen LogP) is 1.82. The van der Waals surface area contributed by atoms with Gasteiger partial charge in [-0.2, -0.15) is 0 Å². The molecule has 0 aliphatic carbocycles. The van der Waals surface area contributed by atoms with E-state index in [2.05, 4.69) is 17.0 Å². The van der Waals surface area contributed by atoms with Gasteiger partial charge in [0.2, 0.25) is 0 Å². The summed E-state index contributed by atoms with van der Waals surface area (Å²) in [6, 6.07) is 3.51. The minimum absolute atomic E-state index is 0.0637. The first-order valence-electron chi connectivity index (χ1n) is 3.97. The van der Waals surface area contributed by atoms with Gasteiger partial charge in [-0.3, -0.25) is 16.3 Å². The molecule has 0 amide bonds. The Bertz CT molecular complexity index is 288. The van der Waals surface area contributed by atoms with Crippen LogP contribution in [0.3, 0.4) is 0 Å². The summed E-state index contributed by atoms with van der Waals surface area (Å²) in [6.45, 7) is 3.64. The average Bonchev–Trinajstić information content (AvgIpc) is 2.16. The van der Waals surface area contributed by atoms with Crippen molar-refractivity contribution in [2.24, 2.45) is 5.84 Å². The maximum absolute atomic E-state index is 5.94. The molecule has 0 saturated carbocycles. The molecule has 0 fully saturated rings. The minimum Gasteiger partial charge on any atom is -0.271 e. The number of nitrogens with two attached hydrogens (primary N) is 1. The van der Waals surface area contributed by atoms with Crippen molar-refractivity contribution < 1.29 is 0 Å². The van der Waals surface area contributed by atoms with E-state index in [0.29, 0.717) is 11.4 Å². The van der Waals surface area contributed by atoms with E-state index in [0.717, 1.165) is 5.69 Å². The van der Waals surface area contributed by atoms with Crippen LogP contribution in [0.2, 0.25) is 5.02 Å². The van der Waals surface area contributed by atoms with Crippen LogP contribution in [-0.2, 0) is 0 Å². The maximum atomic E-state index is 5.94. The fraction of sp³-hybridized carbons (Fsp3) is 0.222. The smallest absolute Gasteiger partial charge is 0.0775 e. The Morgan fingerprint density at radius 3 is 3.08 bits per heavy atom. The Hall–Kier alpha value is -0.900. The van der Waals surface area contributed by atoms with Gasteiger partial charge in [-0.15, -0.1) is 6.58 Å². The van der Waals surface area contributed by atoms with Crippen molar-refractivity contribution in [3.63, 3.8) is 0 Å². The fourth-order valence-corrected chi connectivity index (χ4v) is 1.33. The summed E-state index contributed by atoms with van der Waals surface area (Å²) < 4.78 is 0. The molecule has 0 aliphatic heterocycles. The van der Waals surface area contributed by atoms with Crippen molar-refractivity contribution in [3.8, 4) is 0 Å². The molecular weight excluding hydrogens is 186 g/mol. The monoisotopic (exact) mass is 197 g/mol. The number of hydrogen-bond donors (Lipinski definition) is 2. The zero-order valence-electron chi connectivity index (χ0n) is 7.20. The number of aromatic nitrogens is 1. The third kappa shape index (κ3) is 2.52. The number of nitrogens with zero attached hydrogens (tertiary/aromatic N) is 1. The van der Waals surface area contributed by atoms with Crippen molar-refractivity contribution in [2.75, 3.05) is 0 Å². The second-order valence-electron chi connectivity index (χ2n) is 2.61. The third-order valence-corrected chi connectivity index (χ3v) is 2.04. The highest BCUT2D eigenvalue weighted by atomic mass is 35.5. The van der Waals surface area contributed by atoms with Gasteiger partial charge in [0.05, 0.1) is 16.8 Å². The van der Waals surface area contributed by atoms with E-state index < -0.39 is 0 Å². The Balaban J connectivity index is 2.90. The number of nitrogens with one attached hydrogen (secondary N) is 1. The molecule has 4 heteroatoms. The van der Waals surface area contributed by atoms with E-state index in [1.54, 1.807) is 24.4 Å². The van der Waals surface area contributed by atoms with Gasteiger partial charge < -0.3 is 0 Å². The Morgan fingerprint density at radius 2 is 2.54 bits per heavy atom. The summed E-state index contributed by atoms with van der Waals surface area (Å²) in [6.07, 6.45) is 4.16. The lowest BCUT2D eigenvalue weighted by Gasteiger charge is -2.13. The Morgan fingerprint density at radius 1 is 1.77 bits per heavy atom. The van der Waals surface area contributed by atoms with Crippen LogP contribution in [0.25, 0.3) is 0 Å². The van der Waals surface area contributed by atoms with E-state index in [-0.39, 0.29) is 6.04 Å². The second-order valence-corrected chi connectivity index (χ2v) is 3.02. The molecule has 1 unspecified atom stereocenters. The average molecular weight is 198 g/mol. The Kier molecular flexibility index (Phi) is 3.89. The van der Waals surface area contributed by atoms with Crippen LogP contribution in [0, 0.1) is 0 Å². The molecule has 0 aliphatic rings. The molecule has 3 N–H and O–H groups in total. The van der Waals surface area contributed by atoms with Gasteiger partial charge >= 0.3 is 0 Å². The van der Waals surface area contributed by atoms with E-state index in [1.165, 1.54) is 0 Å². The predicted molar refractivity (Wildman–Crippen MR) is 54.1 cm³/mol. The van der Waals surface area contributed by atoms with Crippen LogP contribution >= 0.6 is 11.6 Å². The van der Waals surface area contributed by atoms with Gasteiger partial charge in [0.1, 0.15) is 0 Å². The summed E-state index contributed by atoms with van der Waals surface area (Å²) >= 11 is 5.94. The van der Waals surface area contributed by atoms with Crippen molar-refractivity contribution in [1.29, 1.82) is 0 Å². The molecule has 0 spiro atoms. The number of halogens is 1. The van der Waals surface area contributed by atoms with Gasteiger partial charge in [-0.05, 0) is 18.6 Å². The zero-order valence-corrected chi connectivity index (χ0v) is 7.96. The summed E-state index contributed by atoms with van der Waals surface area (Å²) in [5.74, 6) is 5.36. The molecule has 3 nitrogen and oxygen atoms in total. The normalized spacial score (nSPS) is 12.5. The first-order valence-corrected chi connectivity index (χ1v) is 4.34. The number of hydrogen-bond acceptors (Lipinski definition) is 3. The molecule has 1 aromatic rings. The SMILES string of the molecule is C=CCC(NN)c1ncccc1Cl. The van der Waals surface area contributed by atoms with Crippen LogP contribution in [0.1, 0.15) is 18.2 Å². The molecule has 1 heterocycles. The quantitative estimate of drug-likeness (QED) is 0.440. The molecule has 70 valence electrons. The Labute approximate surface area is 82.6 Å². The van der Waals surface area contributed by atoms with Crippen molar-refractivity contribution in [2.45, 2.75) is 12.5 Å². The van der Waals surface area contributed by atoms with E-state index >= 15 is 0 Å². The van der Waals surface area contributed by atoms with E-state index in [9.17, 15) is 0 Å². The summed E-state index contributed by atoms with van der Waals surface area (Å²) in [5.41, 5.74) is 3.40. The van der Waals surface area contributed by atoms with Gasteiger partial charge in [0.25, 0.3) is 0 Å². The minimum atomic E-state index is -0.0637. The number of pyridine rings is 1. The van der Waals surface area contributed by atoms with Crippen LogP contribution in [-0.4, -0.2) is 4.98 Å². The molecule has 1 atom stereocenters. The summed E-state index contributed by atoms with van der Waals surface area (Å²) in [5, 5.41) is 0.618. The van der Waals surface area contributed by atoms with Crippen LogP contribution in [0.4, 0.5) is 0 Å². The van der Waals surface area contributed by atoms with Crippen LogP contribution in [0.15, 0.2) is 31.0 Å². The molecule has 0 radical (unpaired) electrons. The van der Waals surface area contributed by atoms with Gasteiger partial charge in [0, 0.05) is 6.20 Å². The summed E-state index contributed by atoms with van der Waals surface area (Å²) in [4.78, 5) is 4.15. The fourth-order valence-electron chi connectivity index (χ4n) is 1.08. The molecule has 0 aromatic carbocycles. The first kappa shape index (κ1) is 10.2. The van der Waals surface area contributed by atoms with E-state index in [4.69, 9.17) is 17.4 Å². The molecule has 0 saturated heterocycles. The third-order valence-electron chi connectivity index (χ3n) is 1.72. The maximum Gasteiger partial charge on any atom is 0.0775 e. The topological polar surface area (TPSA) is 50.9 Å². The lowest BCUT2D eigenvalue weighted by molar-refractivity contribution is 0.548.